The summed E-state index contributed by atoms with van der Waals surface area (Å²) in [6.07, 6.45) is 5.29. The minimum Gasteiger partial charge on any atom is -0.338 e. The minimum absolute atomic E-state index is 0.132. The molecule has 2 fully saturated rings. The summed E-state index contributed by atoms with van der Waals surface area (Å²) in [4.78, 5) is 19.1. The van der Waals surface area contributed by atoms with E-state index in [1.165, 1.54) is 12.8 Å². The number of fused-ring (bicyclic) bond motifs is 2. The molecule has 4 rings (SSSR count). The molecule has 4 nitrogen and oxygen atoms in total. The van der Waals surface area contributed by atoms with Crippen LogP contribution in [-0.2, 0) is 0 Å². The number of nitrogens with two attached hydrogens (primary N) is 1. The van der Waals surface area contributed by atoms with Crippen LogP contribution in [0.15, 0.2) is 36.5 Å². The van der Waals surface area contributed by atoms with E-state index in [-0.39, 0.29) is 11.9 Å². The topological polar surface area (TPSA) is 59.2 Å². The lowest BCUT2D eigenvalue weighted by Gasteiger charge is -2.29. The molecule has 4 heteroatoms. The molecule has 0 spiro atoms. The van der Waals surface area contributed by atoms with Crippen molar-refractivity contribution in [3.8, 4) is 0 Å². The van der Waals surface area contributed by atoms with Crippen molar-refractivity contribution in [2.45, 2.75) is 25.3 Å². The van der Waals surface area contributed by atoms with Gasteiger partial charge in [-0.1, -0.05) is 12.5 Å². The molecule has 114 valence electrons. The molecule has 0 radical (unpaired) electrons. The van der Waals surface area contributed by atoms with Crippen molar-refractivity contribution in [3.63, 3.8) is 0 Å². The van der Waals surface area contributed by atoms with Crippen molar-refractivity contribution in [2.75, 3.05) is 13.1 Å². The molecule has 0 bridgehead atoms. The van der Waals surface area contributed by atoms with E-state index < -0.39 is 0 Å². The molecular formula is C18H21N3O. The van der Waals surface area contributed by atoms with Gasteiger partial charge in [-0.2, -0.15) is 0 Å². The van der Waals surface area contributed by atoms with Crippen molar-refractivity contribution in [1.82, 2.24) is 9.88 Å². The highest BCUT2D eigenvalue weighted by atomic mass is 16.2. The Hall–Kier alpha value is -1.94. The minimum atomic E-state index is 0.132. The molecule has 2 aliphatic rings. The van der Waals surface area contributed by atoms with Gasteiger partial charge in [0.2, 0.25) is 0 Å². The number of rotatable bonds is 1. The summed E-state index contributed by atoms with van der Waals surface area (Å²) in [6.45, 7) is 1.68. The maximum absolute atomic E-state index is 12.8. The van der Waals surface area contributed by atoms with Gasteiger partial charge in [-0.05, 0) is 48.9 Å². The summed E-state index contributed by atoms with van der Waals surface area (Å²) in [7, 11) is 0. The van der Waals surface area contributed by atoms with Gasteiger partial charge in [0, 0.05) is 36.3 Å². The highest BCUT2D eigenvalue weighted by molar-refractivity contribution is 5.98. The Kier molecular flexibility index (Phi) is 3.34. The first-order valence-electron chi connectivity index (χ1n) is 8.12. The van der Waals surface area contributed by atoms with Crippen LogP contribution in [-0.4, -0.2) is 34.9 Å². The number of pyridine rings is 1. The maximum atomic E-state index is 12.8. The number of hydrogen-bond acceptors (Lipinski definition) is 3. The Bertz CT molecular complexity index is 714. The van der Waals surface area contributed by atoms with Crippen LogP contribution >= 0.6 is 0 Å². The second-order valence-electron chi connectivity index (χ2n) is 6.64. The number of nitrogens with zero attached hydrogens (tertiary/aromatic N) is 2. The average molecular weight is 295 g/mol. The number of hydrogen-bond donors (Lipinski definition) is 1. The Balaban J connectivity index is 1.58. The third kappa shape index (κ3) is 2.28. The fraction of sp³-hybridized carbons (Fsp3) is 0.444. The Morgan fingerprint density at radius 1 is 1.23 bits per heavy atom. The van der Waals surface area contributed by atoms with Gasteiger partial charge in [-0.15, -0.1) is 0 Å². The van der Waals surface area contributed by atoms with Crippen molar-refractivity contribution < 1.29 is 4.79 Å². The second kappa shape index (κ2) is 5.36. The third-order valence-corrected chi connectivity index (χ3v) is 5.29. The van der Waals surface area contributed by atoms with E-state index in [9.17, 15) is 4.79 Å². The van der Waals surface area contributed by atoms with Crippen molar-refractivity contribution in [1.29, 1.82) is 0 Å². The molecule has 2 heterocycles. The fourth-order valence-electron chi connectivity index (χ4n) is 4.07. The predicted molar refractivity (Wildman–Crippen MR) is 86.5 cm³/mol. The van der Waals surface area contributed by atoms with E-state index >= 15 is 0 Å². The van der Waals surface area contributed by atoms with Crippen LogP contribution in [0.4, 0.5) is 0 Å². The molecule has 1 amide bonds. The lowest BCUT2D eigenvalue weighted by atomic mass is 9.78. The van der Waals surface area contributed by atoms with Gasteiger partial charge in [0.1, 0.15) is 0 Å². The molecule has 22 heavy (non-hydrogen) atoms. The molecule has 3 atom stereocenters. The molecule has 2 N–H and O–H groups in total. The Morgan fingerprint density at radius 2 is 2.14 bits per heavy atom. The van der Waals surface area contributed by atoms with Crippen molar-refractivity contribution >= 4 is 16.8 Å². The number of carbonyl (C=O) groups is 1. The fourth-order valence-corrected chi connectivity index (χ4v) is 4.07. The second-order valence-corrected chi connectivity index (χ2v) is 6.64. The SMILES string of the molecule is NC1CCCC2CN(C(=O)c3ccc4ncccc4c3)CC12. The van der Waals surface area contributed by atoms with Gasteiger partial charge >= 0.3 is 0 Å². The number of likely N-dealkylation sites (tertiary alicyclic amines) is 1. The lowest BCUT2D eigenvalue weighted by molar-refractivity contribution is 0.0783. The van der Waals surface area contributed by atoms with E-state index in [1.54, 1.807) is 6.20 Å². The Labute approximate surface area is 130 Å². The van der Waals surface area contributed by atoms with Gasteiger partial charge in [0.05, 0.1) is 5.52 Å². The molecule has 1 saturated carbocycles. The van der Waals surface area contributed by atoms with Gasteiger partial charge in [0.25, 0.3) is 5.91 Å². The first kappa shape index (κ1) is 13.7. The summed E-state index contributed by atoms with van der Waals surface area (Å²) in [6, 6.07) is 9.93. The number of aromatic nitrogens is 1. The van der Waals surface area contributed by atoms with E-state index in [1.807, 2.05) is 35.2 Å². The van der Waals surface area contributed by atoms with Crippen LogP contribution in [0.5, 0.6) is 0 Å². The zero-order valence-electron chi connectivity index (χ0n) is 12.6. The normalized spacial score (nSPS) is 27.9. The Morgan fingerprint density at radius 3 is 3.00 bits per heavy atom. The van der Waals surface area contributed by atoms with E-state index in [0.29, 0.717) is 11.8 Å². The molecular weight excluding hydrogens is 274 g/mol. The number of benzene rings is 1. The number of amides is 1. The highest BCUT2D eigenvalue weighted by Crippen LogP contribution is 2.36. The monoisotopic (exact) mass is 295 g/mol. The molecule has 2 aromatic rings. The number of carbonyl (C=O) groups excluding carboxylic acids is 1. The lowest BCUT2D eigenvalue weighted by Crippen LogP contribution is -2.38. The van der Waals surface area contributed by atoms with Crippen LogP contribution in [0.3, 0.4) is 0 Å². The predicted octanol–water partition coefficient (Wildman–Crippen LogP) is 2.43. The first-order chi connectivity index (χ1) is 10.7. The van der Waals surface area contributed by atoms with Crippen molar-refractivity contribution in [3.05, 3.63) is 42.1 Å². The van der Waals surface area contributed by atoms with Crippen LogP contribution < -0.4 is 5.73 Å². The summed E-state index contributed by atoms with van der Waals surface area (Å²) in [5, 5.41) is 1.02. The summed E-state index contributed by atoms with van der Waals surface area (Å²) < 4.78 is 0. The largest absolute Gasteiger partial charge is 0.338 e. The van der Waals surface area contributed by atoms with E-state index in [2.05, 4.69) is 4.98 Å². The molecule has 1 aliphatic heterocycles. The zero-order valence-corrected chi connectivity index (χ0v) is 12.6. The molecule has 1 saturated heterocycles. The molecule has 3 unspecified atom stereocenters. The van der Waals surface area contributed by atoms with Crippen LogP contribution in [0, 0.1) is 11.8 Å². The van der Waals surface area contributed by atoms with E-state index in [4.69, 9.17) is 5.73 Å². The molecule has 1 aliphatic carbocycles. The van der Waals surface area contributed by atoms with Crippen LogP contribution in [0.25, 0.3) is 10.9 Å². The van der Waals surface area contributed by atoms with Crippen LogP contribution in [0.1, 0.15) is 29.6 Å². The highest BCUT2D eigenvalue weighted by Gasteiger charge is 2.40. The summed E-state index contributed by atoms with van der Waals surface area (Å²) in [5.74, 6) is 1.21. The van der Waals surface area contributed by atoms with Gasteiger partial charge < -0.3 is 10.6 Å². The standard InChI is InChI=1S/C18H21N3O/c19-16-5-1-3-14-10-21(11-15(14)16)18(22)13-6-7-17-12(9-13)4-2-8-20-17/h2,4,6-9,14-16H,1,3,5,10-11,19H2. The summed E-state index contributed by atoms with van der Waals surface area (Å²) in [5.41, 5.74) is 7.93. The average Bonchev–Trinajstić information content (AvgIpc) is 2.99. The first-order valence-corrected chi connectivity index (χ1v) is 8.12. The van der Waals surface area contributed by atoms with Gasteiger partial charge in [0.15, 0.2) is 0 Å². The van der Waals surface area contributed by atoms with Gasteiger partial charge in [-0.25, -0.2) is 0 Å². The van der Waals surface area contributed by atoms with Crippen LogP contribution in [0.2, 0.25) is 0 Å². The smallest absolute Gasteiger partial charge is 0.253 e. The zero-order chi connectivity index (χ0) is 15.1. The molecule has 1 aromatic carbocycles. The quantitative estimate of drug-likeness (QED) is 0.879. The maximum Gasteiger partial charge on any atom is 0.253 e. The summed E-state index contributed by atoms with van der Waals surface area (Å²) >= 11 is 0. The molecule has 1 aromatic heterocycles. The van der Waals surface area contributed by atoms with Crippen molar-refractivity contribution in [2.24, 2.45) is 17.6 Å². The third-order valence-electron chi connectivity index (χ3n) is 5.29. The van der Waals surface area contributed by atoms with Gasteiger partial charge in [-0.3, -0.25) is 9.78 Å². The van der Waals surface area contributed by atoms with E-state index in [0.717, 1.165) is 36.0 Å².